The molecule has 122 valence electrons. The quantitative estimate of drug-likeness (QED) is 0.872. The molecule has 0 spiro atoms. The second-order valence-electron chi connectivity index (χ2n) is 6.00. The Morgan fingerprint density at radius 3 is 2.87 bits per heavy atom. The third-order valence-corrected chi connectivity index (χ3v) is 4.45. The lowest BCUT2D eigenvalue weighted by Crippen LogP contribution is -2.39. The van der Waals surface area contributed by atoms with Crippen molar-refractivity contribution in [3.8, 4) is 5.75 Å². The Morgan fingerprint density at radius 2 is 2.13 bits per heavy atom. The van der Waals surface area contributed by atoms with Crippen LogP contribution in [0.1, 0.15) is 43.9 Å². The van der Waals surface area contributed by atoms with Crippen molar-refractivity contribution in [3.05, 3.63) is 29.5 Å². The van der Waals surface area contributed by atoms with Gasteiger partial charge in [-0.1, -0.05) is 19.4 Å². The molecule has 1 atom stereocenters. The molecule has 0 amide bonds. The smallest absolute Gasteiger partial charge is 0.138 e. The molecule has 2 N–H and O–H groups in total. The Kier molecular flexibility index (Phi) is 4.37. The molecule has 5 nitrogen and oxygen atoms in total. The van der Waals surface area contributed by atoms with Crippen LogP contribution < -0.4 is 15.6 Å². The van der Waals surface area contributed by atoms with E-state index in [0.717, 1.165) is 42.5 Å². The first-order valence-corrected chi connectivity index (χ1v) is 8.19. The first-order valence-electron chi connectivity index (χ1n) is 8.19. The molecule has 1 heterocycles. The summed E-state index contributed by atoms with van der Waals surface area (Å²) in [5, 5.41) is 11.9. The van der Waals surface area contributed by atoms with Crippen LogP contribution in [0.5, 0.6) is 5.75 Å². The number of nitrogen functional groups attached to an aromatic ring is 1. The number of nitrogens with zero attached hydrogens (tertiary/aromatic N) is 1. The average molecular weight is 313 g/mol. The van der Waals surface area contributed by atoms with Gasteiger partial charge in [0, 0.05) is 11.4 Å². The molecule has 0 saturated heterocycles. The molecule has 0 aliphatic heterocycles. The van der Waals surface area contributed by atoms with Crippen molar-refractivity contribution in [2.24, 2.45) is 0 Å². The summed E-state index contributed by atoms with van der Waals surface area (Å²) < 4.78 is 5.66. The van der Waals surface area contributed by atoms with E-state index in [0.29, 0.717) is 23.2 Å². The lowest BCUT2D eigenvalue weighted by Gasteiger charge is -2.21. The second-order valence-corrected chi connectivity index (χ2v) is 6.00. The van der Waals surface area contributed by atoms with E-state index in [2.05, 4.69) is 0 Å². The van der Waals surface area contributed by atoms with Crippen molar-refractivity contribution in [3.63, 3.8) is 0 Å². The number of aryl methyl sites for hydroxylation is 1. The summed E-state index contributed by atoms with van der Waals surface area (Å²) in [5.74, 6) is -0.749. The van der Waals surface area contributed by atoms with Crippen LogP contribution in [0.25, 0.3) is 10.9 Å². The summed E-state index contributed by atoms with van der Waals surface area (Å²) >= 11 is 0. The number of nitrogens with two attached hydrogens (primary N) is 1. The number of carboxylic acids is 1. The number of fused-ring (bicyclic) bond motifs is 2. The average Bonchev–Trinajstić information content (AvgIpc) is 2.78. The fourth-order valence-electron chi connectivity index (χ4n) is 3.21. The molecule has 1 aromatic heterocycles. The van der Waals surface area contributed by atoms with Crippen molar-refractivity contribution in [2.75, 3.05) is 5.73 Å². The Morgan fingerprint density at radius 1 is 1.35 bits per heavy atom. The number of aliphatic carboxylic acids is 1. The molecular weight excluding hydrogens is 292 g/mol. The predicted octanol–water partition coefficient (Wildman–Crippen LogP) is 1.99. The van der Waals surface area contributed by atoms with Gasteiger partial charge < -0.3 is 20.4 Å². The largest absolute Gasteiger partial charge is 0.546 e. The Hall–Kier alpha value is -2.30. The van der Waals surface area contributed by atoms with Gasteiger partial charge in [0.05, 0.1) is 16.9 Å². The molecule has 0 bridgehead atoms. The highest BCUT2D eigenvalue weighted by Crippen LogP contribution is 2.36. The van der Waals surface area contributed by atoms with E-state index in [4.69, 9.17) is 15.5 Å². The highest BCUT2D eigenvalue weighted by Gasteiger charge is 2.19. The standard InChI is InChI=1S/C18H22N2O3/c1-2-14(18(21)22)23-15-10-6-9-13-16(15)17(19)11-7-4-3-5-8-12(11)20-13/h6,9-10,14H,2-5,7-8H2,1H3,(H2,19,20)(H,21,22)/p-1. The minimum absolute atomic E-state index is 0.330. The van der Waals surface area contributed by atoms with Gasteiger partial charge in [-0.25, -0.2) is 0 Å². The molecule has 0 fully saturated rings. The molecule has 1 unspecified atom stereocenters. The van der Waals surface area contributed by atoms with Crippen LogP contribution >= 0.6 is 0 Å². The van der Waals surface area contributed by atoms with Gasteiger partial charge >= 0.3 is 0 Å². The molecule has 3 rings (SSSR count). The number of pyridine rings is 1. The van der Waals surface area contributed by atoms with Crippen LogP contribution in [0.15, 0.2) is 18.2 Å². The third-order valence-electron chi connectivity index (χ3n) is 4.45. The van der Waals surface area contributed by atoms with Crippen LogP contribution in [0.2, 0.25) is 0 Å². The van der Waals surface area contributed by atoms with Crippen molar-refractivity contribution in [1.82, 2.24) is 4.98 Å². The normalized spacial score (nSPS) is 15.7. The summed E-state index contributed by atoms with van der Waals surface area (Å²) in [7, 11) is 0. The van der Waals surface area contributed by atoms with E-state index in [1.807, 2.05) is 12.1 Å². The number of hydrogen-bond donors (Lipinski definition) is 1. The second kappa shape index (κ2) is 6.44. The molecular formula is C18H21N2O3-. The number of aromatic nitrogens is 1. The summed E-state index contributed by atoms with van der Waals surface area (Å²) in [6.07, 6.45) is 4.61. The fourth-order valence-corrected chi connectivity index (χ4v) is 3.21. The van der Waals surface area contributed by atoms with Gasteiger partial charge in [-0.3, -0.25) is 4.98 Å². The Labute approximate surface area is 135 Å². The first-order chi connectivity index (χ1) is 11.1. The fraction of sp³-hybridized carbons (Fsp3) is 0.444. The summed E-state index contributed by atoms with van der Waals surface area (Å²) in [4.78, 5) is 15.9. The van der Waals surface area contributed by atoms with E-state index < -0.39 is 12.1 Å². The van der Waals surface area contributed by atoms with E-state index in [9.17, 15) is 9.90 Å². The van der Waals surface area contributed by atoms with Crippen LogP contribution in [-0.2, 0) is 17.6 Å². The number of benzene rings is 1. The number of carbonyl (C=O) groups excluding carboxylic acids is 1. The van der Waals surface area contributed by atoms with Crippen LogP contribution in [0.3, 0.4) is 0 Å². The zero-order valence-electron chi connectivity index (χ0n) is 13.3. The summed E-state index contributed by atoms with van der Waals surface area (Å²) in [6.45, 7) is 1.75. The van der Waals surface area contributed by atoms with Crippen molar-refractivity contribution >= 4 is 22.6 Å². The summed E-state index contributed by atoms with van der Waals surface area (Å²) in [6, 6.07) is 5.45. The number of carboxylic acid groups (broad SMARTS) is 1. The SMILES string of the molecule is CCC(Oc1cccc2nc3c(c(N)c12)CCCCC3)C(=O)[O-]. The maximum atomic E-state index is 11.2. The molecule has 23 heavy (non-hydrogen) atoms. The highest BCUT2D eigenvalue weighted by atomic mass is 16.5. The first kappa shape index (κ1) is 15.6. The van der Waals surface area contributed by atoms with Gasteiger partial charge in [-0.2, -0.15) is 0 Å². The number of ether oxygens (including phenoxy) is 1. The molecule has 0 saturated carbocycles. The molecule has 2 aromatic rings. The lowest BCUT2D eigenvalue weighted by atomic mass is 10.0. The van der Waals surface area contributed by atoms with Crippen molar-refractivity contribution in [1.29, 1.82) is 0 Å². The van der Waals surface area contributed by atoms with Gasteiger partial charge in [0.2, 0.25) is 0 Å². The van der Waals surface area contributed by atoms with Gasteiger partial charge in [-0.15, -0.1) is 0 Å². The lowest BCUT2D eigenvalue weighted by molar-refractivity contribution is -0.313. The topological polar surface area (TPSA) is 88.3 Å². The molecule has 1 aliphatic rings. The molecule has 5 heteroatoms. The molecule has 1 aliphatic carbocycles. The number of anilines is 1. The van der Waals surface area contributed by atoms with Crippen LogP contribution in [0.4, 0.5) is 5.69 Å². The van der Waals surface area contributed by atoms with Crippen LogP contribution in [0, 0.1) is 0 Å². The number of carbonyl (C=O) groups is 1. The van der Waals surface area contributed by atoms with Gasteiger partial charge in [0.25, 0.3) is 0 Å². The van der Waals surface area contributed by atoms with Gasteiger partial charge in [-0.05, 0) is 49.8 Å². The van der Waals surface area contributed by atoms with E-state index in [1.165, 1.54) is 6.42 Å². The van der Waals surface area contributed by atoms with Crippen molar-refractivity contribution in [2.45, 2.75) is 51.6 Å². The minimum atomic E-state index is -1.22. The van der Waals surface area contributed by atoms with Crippen molar-refractivity contribution < 1.29 is 14.6 Å². The summed E-state index contributed by atoms with van der Waals surface area (Å²) in [5.41, 5.74) is 10.0. The number of rotatable bonds is 4. The minimum Gasteiger partial charge on any atom is -0.546 e. The maximum Gasteiger partial charge on any atom is 0.138 e. The predicted molar refractivity (Wildman–Crippen MR) is 87.1 cm³/mol. The van der Waals surface area contributed by atoms with Gasteiger partial charge in [0.15, 0.2) is 0 Å². The van der Waals surface area contributed by atoms with Gasteiger partial charge in [0.1, 0.15) is 11.9 Å². The molecule has 1 aromatic carbocycles. The van der Waals surface area contributed by atoms with E-state index >= 15 is 0 Å². The zero-order valence-corrected chi connectivity index (χ0v) is 13.3. The maximum absolute atomic E-state index is 11.2. The zero-order chi connectivity index (χ0) is 16.4. The van der Waals surface area contributed by atoms with E-state index in [-0.39, 0.29) is 0 Å². The van der Waals surface area contributed by atoms with E-state index in [1.54, 1.807) is 13.0 Å². The Balaban J connectivity index is 2.13. The third kappa shape index (κ3) is 2.96. The van der Waals surface area contributed by atoms with Crippen LogP contribution in [-0.4, -0.2) is 17.1 Å². The monoisotopic (exact) mass is 313 g/mol. The number of hydrogen-bond acceptors (Lipinski definition) is 5. The highest BCUT2D eigenvalue weighted by molar-refractivity contribution is 5.97. The Bertz CT molecular complexity index is 743. The molecule has 0 radical (unpaired) electrons.